The Morgan fingerprint density at radius 1 is 1.31 bits per heavy atom. The van der Waals surface area contributed by atoms with Gasteiger partial charge in [0.1, 0.15) is 5.75 Å². The normalized spacial score (nSPS) is 27.5. The Labute approximate surface area is 179 Å². The highest BCUT2D eigenvalue weighted by atomic mass is 35.5. The van der Waals surface area contributed by atoms with E-state index in [1.54, 1.807) is 7.11 Å². The third-order valence-electron chi connectivity index (χ3n) is 7.11. The molecule has 2 heterocycles. The number of nitrogens with one attached hydrogen (secondary N) is 1. The van der Waals surface area contributed by atoms with Crippen molar-refractivity contribution in [1.82, 2.24) is 15.1 Å². The molecule has 160 valence electrons. The van der Waals surface area contributed by atoms with Gasteiger partial charge in [0.2, 0.25) is 11.8 Å². The van der Waals surface area contributed by atoms with Gasteiger partial charge in [0.25, 0.3) is 0 Å². The molecule has 7 heteroatoms. The van der Waals surface area contributed by atoms with Crippen LogP contribution in [0.3, 0.4) is 0 Å². The second-order valence-electron chi connectivity index (χ2n) is 8.95. The average molecular weight is 422 g/mol. The largest absolute Gasteiger partial charge is 0.497 e. The smallest absolute Gasteiger partial charge is 0.231 e. The molecule has 2 amide bonds. The lowest BCUT2D eigenvalue weighted by Crippen LogP contribution is -2.63. The van der Waals surface area contributed by atoms with Gasteiger partial charge in [0.15, 0.2) is 0 Å². The van der Waals surface area contributed by atoms with Gasteiger partial charge in [-0.25, -0.2) is 0 Å². The molecule has 29 heavy (non-hydrogen) atoms. The van der Waals surface area contributed by atoms with Crippen molar-refractivity contribution in [3.63, 3.8) is 0 Å². The molecule has 0 radical (unpaired) electrons. The predicted octanol–water partition coefficient (Wildman–Crippen LogP) is 1.96. The summed E-state index contributed by atoms with van der Waals surface area (Å²) < 4.78 is 5.34. The maximum absolute atomic E-state index is 13.5. The summed E-state index contributed by atoms with van der Waals surface area (Å²) in [6.45, 7) is 2.26. The van der Waals surface area contributed by atoms with E-state index in [4.69, 9.17) is 4.74 Å². The van der Waals surface area contributed by atoms with Gasteiger partial charge in [-0.2, -0.15) is 0 Å². The molecule has 0 spiro atoms. The summed E-state index contributed by atoms with van der Waals surface area (Å²) in [5.41, 5.74) is 0.761. The molecule has 3 atom stereocenters. The van der Waals surface area contributed by atoms with Crippen molar-refractivity contribution in [2.75, 3.05) is 40.8 Å². The van der Waals surface area contributed by atoms with Gasteiger partial charge in [-0.1, -0.05) is 12.1 Å². The first kappa shape index (κ1) is 21.9. The fourth-order valence-corrected chi connectivity index (χ4v) is 5.30. The van der Waals surface area contributed by atoms with Crippen molar-refractivity contribution >= 4 is 24.2 Å². The lowest BCUT2D eigenvalue weighted by atomic mass is 9.74. The number of methoxy groups -OCH3 is 1. The summed E-state index contributed by atoms with van der Waals surface area (Å²) in [5, 5.41) is 3.31. The number of piperidine rings is 1. The number of halogens is 1. The first-order valence-electron chi connectivity index (χ1n) is 10.3. The van der Waals surface area contributed by atoms with Gasteiger partial charge in [-0.3, -0.25) is 9.59 Å². The molecule has 4 rings (SSSR count). The van der Waals surface area contributed by atoms with E-state index in [9.17, 15) is 9.59 Å². The molecule has 3 fully saturated rings. The van der Waals surface area contributed by atoms with Crippen molar-refractivity contribution in [3.8, 4) is 5.75 Å². The van der Waals surface area contributed by atoms with Crippen LogP contribution in [-0.4, -0.2) is 68.5 Å². The zero-order valence-corrected chi connectivity index (χ0v) is 18.3. The van der Waals surface area contributed by atoms with Crippen LogP contribution < -0.4 is 10.1 Å². The van der Waals surface area contributed by atoms with E-state index in [0.717, 1.165) is 37.1 Å². The number of carbonyl (C=O) groups excluding carboxylic acids is 2. The summed E-state index contributed by atoms with van der Waals surface area (Å²) >= 11 is 0. The van der Waals surface area contributed by atoms with Gasteiger partial charge < -0.3 is 19.9 Å². The molecule has 2 saturated heterocycles. The fraction of sp³-hybridized carbons (Fsp3) is 0.636. The third-order valence-corrected chi connectivity index (χ3v) is 7.11. The number of hydrogen-bond acceptors (Lipinski definition) is 4. The Kier molecular flexibility index (Phi) is 6.44. The van der Waals surface area contributed by atoms with Crippen molar-refractivity contribution < 1.29 is 14.3 Å². The van der Waals surface area contributed by atoms with Crippen molar-refractivity contribution in [2.45, 2.75) is 31.7 Å². The molecule has 0 aromatic heterocycles. The maximum atomic E-state index is 13.5. The van der Waals surface area contributed by atoms with Crippen LogP contribution in [0.4, 0.5) is 0 Å². The van der Waals surface area contributed by atoms with Crippen LogP contribution in [0.2, 0.25) is 0 Å². The molecular formula is C22H32ClN3O3. The van der Waals surface area contributed by atoms with Crippen LogP contribution in [0, 0.1) is 17.3 Å². The maximum Gasteiger partial charge on any atom is 0.231 e. The number of likely N-dealkylation sites (tertiary alicyclic amines) is 1. The van der Waals surface area contributed by atoms with E-state index in [2.05, 4.69) is 11.4 Å². The molecular weight excluding hydrogens is 390 g/mol. The summed E-state index contributed by atoms with van der Waals surface area (Å²) in [6, 6.07) is 8.25. The number of carbonyl (C=O) groups is 2. The van der Waals surface area contributed by atoms with Crippen LogP contribution >= 0.6 is 12.4 Å². The van der Waals surface area contributed by atoms with Gasteiger partial charge in [-0.15, -0.1) is 12.4 Å². The molecule has 1 aromatic carbocycles. The Balaban J connectivity index is 0.00000240. The van der Waals surface area contributed by atoms with E-state index in [0.29, 0.717) is 31.3 Å². The Hall–Kier alpha value is -1.79. The third kappa shape index (κ3) is 4.10. The van der Waals surface area contributed by atoms with Crippen molar-refractivity contribution in [2.24, 2.45) is 17.3 Å². The topological polar surface area (TPSA) is 61.9 Å². The number of rotatable bonds is 5. The summed E-state index contributed by atoms with van der Waals surface area (Å²) in [5.74, 6) is 2.26. The van der Waals surface area contributed by atoms with Gasteiger partial charge in [0, 0.05) is 46.2 Å². The minimum Gasteiger partial charge on any atom is -0.497 e. The Morgan fingerprint density at radius 2 is 2.03 bits per heavy atom. The van der Waals surface area contributed by atoms with Gasteiger partial charge in [-0.05, 0) is 48.8 Å². The average Bonchev–Trinajstić information content (AvgIpc) is 3.06. The Bertz CT molecular complexity index is 767. The first-order chi connectivity index (χ1) is 13.4. The summed E-state index contributed by atoms with van der Waals surface area (Å²) in [6.07, 6.45) is 3.32. The molecule has 2 aliphatic heterocycles. The molecule has 0 bridgehead atoms. The van der Waals surface area contributed by atoms with Crippen LogP contribution in [0.25, 0.3) is 0 Å². The van der Waals surface area contributed by atoms with E-state index >= 15 is 0 Å². The van der Waals surface area contributed by atoms with E-state index in [1.165, 1.54) is 0 Å². The number of benzene rings is 1. The lowest BCUT2D eigenvalue weighted by Gasteiger charge is -2.45. The SMILES string of the molecule is COc1cccc(CC2(C(=O)N(C)[C@H]3C[C@H]4CC(=O)N(C)C[C@H]4C3)CNC2)c1.Cl. The fourth-order valence-electron chi connectivity index (χ4n) is 5.30. The molecule has 3 aliphatic rings. The number of ether oxygens (including phenoxy) is 1. The van der Waals surface area contributed by atoms with Crippen LogP contribution in [-0.2, 0) is 16.0 Å². The summed E-state index contributed by atoms with van der Waals surface area (Å²) in [4.78, 5) is 29.4. The molecule has 0 unspecified atom stereocenters. The van der Waals surface area contributed by atoms with E-state index < -0.39 is 0 Å². The number of amides is 2. The highest BCUT2D eigenvalue weighted by molar-refractivity contribution is 5.85. The lowest BCUT2D eigenvalue weighted by molar-refractivity contribution is -0.146. The second-order valence-corrected chi connectivity index (χ2v) is 8.95. The van der Waals surface area contributed by atoms with Crippen molar-refractivity contribution in [3.05, 3.63) is 29.8 Å². The first-order valence-corrected chi connectivity index (χ1v) is 10.3. The second kappa shape index (κ2) is 8.52. The summed E-state index contributed by atoms with van der Waals surface area (Å²) in [7, 11) is 5.52. The van der Waals surface area contributed by atoms with Crippen LogP contribution in [0.15, 0.2) is 24.3 Å². The highest BCUT2D eigenvalue weighted by Gasteiger charge is 2.49. The molecule has 1 saturated carbocycles. The number of nitrogens with zero attached hydrogens (tertiary/aromatic N) is 2. The number of fused-ring (bicyclic) bond motifs is 1. The van der Waals surface area contributed by atoms with E-state index in [1.807, 2.05) is 42.1 Å². The minimum atomic E-state index is -0.374. The zero-order valence-electron chi connectivity index (χ0n) is 17.5. The quantitative estimate of drug-likeness (QED) is 0.789. The standard InChI is InChI=1S/C22H31N3O3.ClH/c1-24-12-17-9-18(8-16(17)10-20(24)26)25(2)21(27)22(13-23-14-22)11-15-5-4-6-19(7-15)28-3;/h4-7,16-18,23H,8-14H2,1-3H3;1H/t16-,17+,18-;/m0./s1. The van der Waals surface area contributed by atoms with E-state index in [-0.39, 0.29) is 35.7 Å². The van der Waals surface area contributed by atoms with Crippen molar-refractivity contribution in [1.29, 1.82) is 0 Å². The Morgan fingerprint density at radius 3 is 2.69 bits per heavy atom. The molecule has 1 aromatic rings. The highest BCUT2D eigenvalue weighted by Crippen LogP contribution is 2.41. The monoisotopic (exact) mass is 421 g/mol. The van der Waals surface area contributed by atoms with Crippen LogP contribution in [0.1, 0.15) is 24.8 Å². The minimum absolute atomic E-state index is 0. The predicted molar refractivity (Wildman–Crippen MR) is 114 cm³/mol. The molecule has 6 nitrogen and oxygen atoms in total. The van der Waals surface area contributed by atoms with Gasteiger partial charge >= 0.3 is 0 Å². The number of hydrogen-bond donors (Lipinski definition) is 1. The van der Waals surface area contributed by atoms with Gasteiger partial charge in [0.05, 0.1) is 12.5 Å². The van der Waals surface area contributed by atoms with Crippen LogP contribution in [0.5, 0.6) is 5.75 Å². The zero-order chi connectivity index (χ0) is 19.9. The molecule has 1 N–H and O–H groups in total. The molecule has 1 aliphatic carbocycles.